The molecule has 2 fully saturated rings. The van der Waals surface area contributed by atoms with Gasteiger partial charge < -0.3 is 20.9 Å². The lowest BCUT2D eigenvalue weighted by Gasteiger charge is -2.55. The Hall–Kier alpha value is -2.91. The number of ether oxygens (including phenoxy) is 1. The monoisotopic (exact) mass is 428 g/mol. The van der Waals surface area contributed by atoms with Crippen LogP contribution in [0.4, 0.5) is 0 Å². The van der Waals surface area contributed by atoms with Crippen molar-refractivity contribution in [2.75, 3.05) is 14.2 Å². The van der Waals surface area contributed by atoms with Gasteiger partial charge in [0.05, 0.1) is 17.6 Å². The van der Waals surface area contributed by atoms with E-state index in [0.717, 1.165) is 0 Å². The minimum atomic E-state index is -1.97. The number of rotatable bonds is 3. The lowest BCUT2D eigenvalue weighted by Crippen LogP contribution is -2.77. The first-order valence-corrected chi connectivity index (χ1v) is 10.1. The number of phenols is 1. The Morgan fingerprint density at radius 2 is 1.90 bits per heavy atom. The van der Waals surface area contributed by atoms with Gasteiger partial charge in [0.2, 0.25) is 5.91 Å². The summed E-state index contributed by atoms with van der Waals surface area (Å²) in [4.78, 5) is 65.3. The third-order valence-electron chi connectivity index (χ3n) is 7.40. The number of primary amides is 1. The molecule has 4 rings (SSSR count). The van der Waals surface area contributed by atoms with Gasteiger partial charge in [0.15, 0.2) is 29.1 Å². The van der Waals surface area contributed by atoms with Crippen LogP contribution in [-0.2, 0) is 23.9 Å². The van der Waals surface area contributed by atoms with E-state index in [0.29, 0.717) is 5.56 Å². The Balaban J connectivity index is 1.95. The van der Waals surface area contributed by atoms with E-state index in [1.807, 2.05) is 6.92 Å². The minimum Gasteiger partial charge on any atom is -0.507 e. The van der Waals surface area contributed by atoms with Gasteiger partial charge in [-0.05, 0) is 24.6 Å². The van der Waals surface area contributed by atoms with Gasteiger partial charge in [-0.15, -0.1) is 0 Å². The van der Waals surface area contributed by atoms with Crippen LogP contribution in [0.25, 0.3) is 0 Å². The number of methoxy groups -OCH3 is 1. The molecule has 2 saturated carbocycles. The number of Topliss-reactive ketones (excluding diaryl/α,β-unsaturated/α-hetero) is 4. The summed E-state index contributed by atoms with van der Waals surface area (Å²) in [6, 6.07) is 4.70. The van der Waals surface area contributed by atoms with Crippen LogP contribution < -0.4 is 11.1 Å². The third kappa shape index (κ3) is 2.53. The van der Waals surface area contributed by atoms with Crippen LogP contribution in [0.1, 0.15) is 35.2 Å². The van der Waals surface area contributed by atoms with Gasteiger partial charge in [-0.3, -0.25) is 24.0 Å². The Kier molecular flexibility index (Phi) is 4.86. The summed E-state index contributed by atoms with van der Waals surface area (Å²) < 4.78 is 5.73. The van der Waals surface area contributed by atoms with Crippen LogP contribution in [0.15, 0.2) is 18.2 Å². The summed E-state index contributed by atoms with van der Waals surface area (Å²) in [6.45, 7) is 1.83. The number of likely N-dealkylation sites (N-methyl/N-ethyl adjacent to an activating group) is 1. The number of phenolic OH excluding ortho intramolecular Hbond substituents is 1. The minimum absolute atomic E-state index is 0.0509. The van der Waals surface area contributed by atoms with Crippen molar-refractivity contribution in [1.29, 1.82) is 0 Å². The largest absolute Gasteiger partial charge is 0.507 e. The van der Waals surface area contributed by atoms with Gasteiger partial charge >= 0.3 is 0 Å². The molecule has 3 aliphatic carbocycles. The van der Waals surface area contributed by atoms with Crippen molar-refractivity contribution >= 4 is 29.0 Å². The smallest absolute Gasteiger partial charge is 0.235 e. The van der Waals surface area contributed by atoms with Crippen LogP contribution >= 0.6 is 0 Å². The second-order valence-corrected chi connectivity index (χ2v) is 8.55. The maximum atomic E-state index is 13.9. The highest BCUT2D eigenvalue weighted by molar-refractivity contribution is 6.32. The molecule has 1 aromatic rings. The molecule has 2 unspecified atom stereocenters. The van der Waals surface area contributed by atoms with E-state index >= 15 is 0 Å². The van der Waals surface area contributed by atoms with Crippen molar-refractivity contribution in [3.05, 3.63) is 29.3 Å². The van der Waals surface area contributed by atoms with Crippen molar-refractivity contribution in [1.82, 2.24) is 5.32 Å². The Bertz CT molecular complexity index is 1030. The molecule has 9 nitrogen and oxygen atoms in total. The molecule has 31 heavy (non-hydrogen) atoms. The van der Waals surface area contributed by atoms with E-state index < -0.39 is 64.4 Å². The fraction of sp³-hybridized carbons (Fsp3) is 0.500. The Morgan fingerprint density at radius 1 is 1.23 bits per heavy atom. The van der Waals surface area contributed by atoms with Crippen molar-refractivity contribution in [3.63, 3.8) is 0 Å². The number of fused-ring (bicyclic) bond motifs is 3. The van der Waals surface area contributed by atoms with Gasteiger partial charge in [-0.25, -0.2) is 0 Å². The molecule has 0 bridgehead atoms. The summed E-state index contributed by atoms with van der Waals surface area (Å²) in [5.74, 6) is -9.25. The Labute approximate surface area is 178 Å². The zero-order valence-electron chi connectivity index (χ0n) is 17.4. The van der Waals surface area contributed by atoms with Gasteiger partial charge in [0.25, 0.3) is 0 Å². The van der Waals surface area contributed by atoms with Gasteiger partial charge in [0, 0.05) is 25.4 Å². The number of benzene rings is 1. The molecule has 1 aromatic carbocycles. The van der Waals surface area contributed by atoms with Crippen molar-refractivity contribution < 1.29 is 33.8 Å². The summed E-state index contributed by atoms with van der Waals surface area (Å²) in [5, 5.41) is 13.1. The zero-order valence-corrected chi connectivity index (χ0v) is 17.4. The predicted molar refractivity (Wildman–Crippen MR) is 106 cm³/mol. The van der Waals surface area contributed by atoms with E-state index in [1.54, 1.807) is 12.1 Å². The van der Waals surface area contributed by atoms with Gasteiger partial charge in [-0.2, -0.15) is 0 Å². The maximum absolute atomic E-state index is 13.9. The zero-order chi connectivity index (χ0) is 22.8. The lowest BCUT2D eigenvalue weighted by molar-refractivity contribution is -0.168. The number of hydrogen-bond acceptors (Lipinski definition) is 8. The molecule has 3 aliphatic rings. The summed E-state index contributed by atoms with van der Waals surface area (Å²) in [7, 11) is 2.79. The topological polar surface area (TPSA) is 153 Å². The first-order valence-electron chi connectivity index (χ1n) is 10.1. The van der Waals surface area contributed by atoms with Crippen LogP contribution in [0, 0.1) is 23.7 Å². The van der Waals surface area contributed by atoms with Gasteiger partial charge in [0.1, 0.15) is 11.3 Å². The van der Waals surface area contributed by atoms with E-state index in [4.69, 9.17) is 10.5 Å². The van der Waals surface area contributed by atoms with Crippen LogP contribution in [0.2, 0.25) is 0 Å². The van der Waals surface area contributed by atoms with Crippen LogP contribution in [-0.4, -0.2) is 59.9 Å². The molecule has 0 heterocycles. The summed E-state index contributed by atoms with van der Waals surface area (Å²) in [5.41, 5.74) is 3.98. The quantitative estimate of drug-likeness (QED) is 0.557. The molecule has 0 saturated heterocycles. The molecule has 0 aromatic heterocycles. The summed E-state index contributed by atoms with van der Waals surface area (Å²) in [6.07, 6.45) is -1.06. The molecule has 4 N–H and O–H groups in total. The number of aromatic hydroxyl groups is 1. The molecular weight excluding hydrogens is 404 g/mol. The molecule has 1 amide bonds. The predicted octanol–water partition coefficient (Wildman–Crippen LogP) is -0.260. The van der Waals surface area contributed by atoms with Crippen molar-refractivity contribution in [3.8, 4) is 5.75 Å². The third-order valence-corrected chi connectivity index (χ3v) is 7.40. The average Bonchev–Trinajstić information content (AvgIpc) is 2.71. The number of ketones is 4. The standard InChI is InChI=1S/C22H24N2O7/c1-8-9-5-4-6-11(25)14(9)17(27)16-13(8)18(31-3)10-7-12(26)15(21(23)30)19(28)22(10,24-2)20(16)29/h4-6,8,10,13,15-16,18,24-25H,7H2,1-3H3,(H2,23,30)/t8-,10-,13+,15?,16?,18-,22+/m0/s1. The molecule has 7 atom stereocenters. The van der Waals surface area contributed by atoms with E-state index in [-0.39, 0.29) is 23.7 Å². The summed E-state index contributed by atoms with van der Waals surface area (Å²) >= 11 is 0. The maximum Gasteiger partial charge on any atom is 0.235 e. The second kappa shape index (κ2) is 7.06. The van der Waals surface area contributed by atoms with Crippen LogP contribution in [0.3, 0.4) is 0 Å². The lowest BCUT2D eigenvalue weighted by atomic mass is 9.49. The first-order chi connectivity index (χ1) is 14.6. The van der Waals surface area contributed by atoms with Crippen LogP contribution in [0.5, 0.6) is 5.75 Å². The number of nitrogens with one attached hydrogen (secondary N) is 1. The molecule has 0 radical (unpaired) electrons. The van der Waals surface area contributed by atoms with Gasteiger partial charge in [-0.1, -0.05) is 19.1 Å². The van der Waals surface area contributed by atoms with E-state index in [2.05, 4.69) is 5.32 Å². The molecule has 0 spiro atoms. The van der Waals surface area contributed by atoms with E-state index in [1.165, 1.54) is 20.2 Å². The number of carbonyl (C=O) groups excluding carboxylic acids is 5. The van der Waals surface area contributed by atoms with Crippen molar-refractivity contribution in [2.45, 2.75) is 30.9 Å². The first kappa shape index (κ1) is 21.3. The van der Waals surface area contributed by atoms with Crippen molar-refractivity contribution in [2.24, 2.45) is 29.4 Å². The molecule has 9 heteroatoms. The Morgan fingerprint density at radius 3 is 2.48 bits per heavy atom. The number of carbonyl (C=O) groups is 5. The molecule has 0 aliphatic heterocycles. The SMILES string of the molecule is CN[C@@]12C(=O)C(C(N)=O)C(=O)C[C@H]1[C@H](OC)[C@H]1C(C(=O)c3c(O)cccc3[C@@H]1C)C2=O. The number of nitrogens with two attached hydrogens (primary N) is 1. The number of amides is 1. The van der Waals surface area contributed by atoms with E-state index in [9.17, 15) is 29.1 Å². The second-order valence-electron chi connectivity index (χ2n) is 8.55. The highest BCUT2D eigenvalue weighted by Crippen LogP contribution is 2.54. The molecule has 164 valence electrons. The number of hydrogen-bond donors (Lipinski definition) is 3. The highest BCUT2D eigenvalue weighted by atomic mass is 16.5. The molecular formula is C22H24N2O7. The fourth-order valence-electron chi connectivity index (χ4n) is 6.07. The average molecular weight is 428 g/mol. The normalized spacial score (nSPS) is 37.1. The highest BCUT2D eigenvalue weighted by Gasteiger charge is 2.70. The fourth-order valence-corrected chi connectivity index (χ4v) is 6.07.